The Balaban J connectivity index is 1.49. The number of benzene rings is 1. The Morgan fingerprint density at radius 3 is 2.52 bits per heavy atom. The number of halogens is 2. The van der Waals surface area contributed by atoms with E-state index in [0.717, 1.165) is 27.8 Å². The van der Waals surface area contributed by atoms with Crippen LogP contribution in [0.1, 0.15) is 5.56 Å². The van der Waals surface area contributed by atoms with Crippen LogP contribution in [-0.4, -0.2) is 48.8 Å². The summed E-state index contributed by atoms with van der Waals surface area (Å²) >= 11 is 13.4. The van der Waals surface area contributed by atoms with Gasteiger partial charge in [-0.15, -0.1) is 11.3 Å². The Morgan fingerprint density at radius 1 is 1.04 bits per heavy atom. The van der Waals surface area contributed by atoms with Crippen molar-refractivity contribution in [3.05, 3.63) is 57.5 Å². The molecule has 0 amide bonds. The monoisotopic (exact) mass is 441 g/mol. The van der Waals surface area contributed by atoms with Gasteiger partial charge in [0.25, 0.3) is 10.0 Å². The van der Waals surface area contributed by atoms with Crippen LogP contribution in [0.4, 0.5) is 0 Å². The zero-order chi connectivity index (χ0) is 19.0. The number of nitrogens with zero attached hydrogens (tertiary/aromatic N) is 3. The van der Waals surface area contributed by atoms with Crippen LogP contribution >= 0.6 is 34.5 Å². The Bertz CT molecular complexity index is 1080. The Morgan fingerprint density at radius 2 is 1.81 bits per heavy atom. The van der Waals surface area contributed by atoms with E-state index in [1.807, 2.05) is 24.3 Å². The van der Waals surface area contributed by atoms with Gasteiger partial charge in [-0.1, -0.05) is 35.3 Å². The molecule has 0 N–H and O–H groups in total. The number of piperazine rings is 1. The van der Waals surface area contributed by atoms with Gasteiger partial charge in [0, 0.05) is 54.9 Å². The third kappa shape index (κ3) is 3.85. The molecule has 142 valence electrons. The maximum absolute atomic E-state index is 12.7. The fourth-order valence-electron chi connectivity index (χ4n) is 3.25. The van der Waals surface area contributed by atoms with Crippen molar-refractivity contribution in [2.45, 2.75) is 10.8 Å². The van der Waals surface area contributed by atoms with E-state index < -0.39 is 10.0 Å². The number of aromatic nitrogens is 1. The van der Waals surface area contributed by atoms with Crippen LogP contribution in [0.3, 0.4) is 0 Å². The fraction of sp³-hybridized carbons (Fsp3) is 0.278. The summed E-state index contributed by atoms with van der Waals surface area (Å²) in [6, 6.07) is 11.0. The first-order valence-electron chi connectivity index (χ1n) is 8.45. The van der Waals surface area contributed by atoms with Crippen molar-refractivity contribution in [3.8, 4) is 0 Å². The van der Waals surface area contributed by atoms with Crippen LogP contribution in [-0.2, 0) is 16.6 Å². The lowest BCUT2D eigenvalue weighted by Crippen LogP contribution is -2.48. The molecule has 1 aromatic carbocycles. The van der Waals surface area contributed by atoms with Gasteiger partial charge < -0.3 is 0 Å². The van der Waals surface area contributed by atoms with Crippen molar-refractivity contribution >= 4 is 55.5 Å². The molecule has 5 nitrogen and oxygen atoms in total. The number of hydrogen-bond acceptors (Lipinski definition) is 5. The highest BCUT2D eigenvalue weighted by atomic mass is 35.5. The van der Waals surface area contributed by atoms with Gasteiger partial charge in [-0.25, -0.2) is 8.42 Å². The Kier molecular flexibility index (Phi) is 5.42. The summed E-state index contributed by atoms with van der Waals surface area (Å²) in [6.45, 7) is 2.79. The molecule has 1 saturated heterocycles. The summed E-state index contributed by atoms with van der Waals surface area (Å²) in [6.07, 6.45) is 1.76. The Hall–Kier alpha value is -1.22. The van der Waals surface area contributed by atoms with Crippen LogP contribution in [0, 0.1) is 0 Å². The Labute approximate surface area is 172 Å². The molecular formula is C18H17Cl2N3O2S2. The molecular weight excluding hydrogens is 425 g/mol. The van der Waals surface area contributed by atoms with Gasteiger partial charge in [0.15, 0.2) is 0 Å². The molecule has 3 heterocycles. The molecule has 0 saturated carbocycles. The third-order valence-corrected chi connectivity index (χ3v) is 8.63. The van der Waals surface area contributed by atoms with Crippen molar-refractivity contribution < 1.29 is 8.42 Å². The summed E-state index contributed by atoms with van der Waals surface area (Å²) in [7, 11) is -3.48. The molecule has 4 rings (SSSR count). The van der Waals surface area contributed by atoms with Crippen molar-refractivity contribution in [1.29, 1.82) is 0 Å². The zero-order valence-corrected chi connectivity index (χ0v) is 17.5. The molecule has 0 atom stereocenters. The molecule has 3 aromatic rings. The summed E-state index contributed by atoms with van der Waals surface area (Å²) < 4.78 is 27.7. The first-order chi connectivity index (χ1) is 12.9. The molecule has 1 aliphatic rings. The molecule has 27 heavy (non-hydrogen) atoms. The van der Waals surface area contributed by atoms with Crippen molar-refractivity contribution in [3.63, 3.8) is 0 Å². The molecule has 0 radical (unpaired) electrons. The maximum atomic E-state index is 12.7. The summed E-state index contributed by atoms with van der Waals surface area (Å²) in [5, 5.41) is 1.73. The fourth-order valence-corrected chi connectivity index (χ4v) is 6.52. The smallest absolute Gasteiger partial charge is 0.252 e. The topological polar surface area (TPSA) is 53.5 Å². The van der Waals surface area contributed by atoms with Crippen molar-refractivity contribution in [2.75, 3.05) is 26.2 Å². The molecule has 0 spiro atoms. The van der Waals surface area contributed by atoms with E-state index in [1.54, 1.807) is 18.3 Å². The summed E-state index contributed by atoms with van der Waals surface area (Å²) in [5.41, 5.74) is 1.88. The minimum atomic E-state index is -3.48. The number of pyridine rings is 1. The second-order valence-electron chi connectivity index (χ2n) is 6.34. The molecule has 1 fully saturated rings. The highest BCUT2D eigenvalue weighted by molar-refractivity contribution is 7.91. The lowest BCUT2D eigenvalue weighted by Gasteiger charge is -2.33. The standard InChI is InChI=1S/C18H17Cl2N3O2S2/c19-15-4-3-13-2-1-7-21-18(13)14(15)12-22-8-10-23(11-9-22)27(24,25)17-6-5-16(20)26-17/h1-7H,8-12H2. The van der Waals surface area contributed by atoms with E-state index in [4.69, 9.17) is 23.2 Å². The first kappa shape index (κ1) is 19.1. The average molecular weight is 442 g/mol. The van der Waals surface area contributed by atoms with Crippen LogP contribution in [0.2, 0.25) is 9.36 Å². The van der Waals surface area contributed by atoms with Gasteiger partial charge >= 0.3 is 0 Å². The largest absolute Gasteiger partial charge is 0.296 e. The highest BCUT2D eigenvalue weighted by Crippen LogP contribution is 2.30. The van der Waals surface area contributed by atoms with Crippen molar-refractivity contribution in [1.82, 2.24) is 14.2 Å². The minimum absolute atomic E-state index is 0.294. The van der Waals surface area contributed by atoms with E-state index >= 15 is 0 Å². The lowest BCUT2D eigenvalue weighted by atomic mass is 10.1. The molecule has 0 aliphatic carbocycles. The number of fused-ring (bicyclic) bond motifs is 1. The number of thiophene rings is 1. The molecule has 0 unspecified atom stereocenters. The van der Waals surface area contributed by atoms with Crippen molar-refractivity contribution in [2.24, 2.45) is 0 Å². The molecule has 0 bridgehead atoms. The lowest BCUT2D eigenvalue weighted by molar-refractivity contribution is 0.182. The van der Waals surface area contributed by atoms with Crippen LogP contribution in [0.15, 0.2) is 46.8 Å². The third-order valence-electron chi connectivity index (χ3n) is 4.68. The predicted octanol–water partition coefficient (Wildman–Crippen LogP) is 4.11. The number of rotatable bonds is 4. The number of sulfonamides is 1. The van der Waals surface area contributed by atoms with Crippen LogP contribution in [0.5, 0.6) is 0 Å². The van der Waals surface area contributed by atoms with Crippen LogP contribution in [0.25, 0.3) is 10.9 Å². The van der Waals surface area contributed by atoms with Gasteiger partial charge in [0.1, 0.15) is 4.21 Å². The van der Waals surface area contributed by atoms with Crippen LogP contribution < -0.4 is 0 Å². The van der Waals surface area contributed by atoms with Gasteiger partial charge in [-0.3, -0.25) is 9.88 Å². The van der Waals surface area contributed by atoms with E-state index in [-0.39, 0.29) is 0 Å². The minimum Gasteiger partial charge on any atom is -0.296 e. The van der Waals surface area contributed by atoms with Gasteiger partial charge in [0.05, 0.1) is 9.85 Å². The van der Waals surface area contributed by atoms with E-state index in [0.29, 0.717) is 46.3 Å². The van der Waals surface area contributed by atoms with Gasteiger partial charge in [-0.05, 0) is 24.3 Å². The molecule has 2 aromatic heterocycles. The highest BCUT2D eigenvalue weighted by Gasteiger charge is 2.30. The van der Waals surface area contributed by atoms with E-state index in [9.17, 15) is 8.42 Å². The second kappa shape index (κ2) is 7.66. The average Bonchev–Trinajstić information content (AvgIpc) is 3.12. The van der Waals surface area contributed by atoms with Gasteiger partial charge in [-0.2, -0.15) is 4.31 Å². The van der Waals surface area contributed by atoms with E-state index in [2.05, 4.69) is 9.88 Å². The first-order valence-corrected chi connectivity index (χ1v) is 11.5. The zero-order valence-electron chi connectivity index (χ0n) is 14.3. The maximum Gasteiger partial charge on any atom is 0.252 e. The summed E-state index contributed by atoms with van der Waals surface area (Å²) in [4.78, 5) is 6.69. The van der Waals surface area contributed by atoms with Gasteiger partial charge in [0.2, 0.25) is 0 Å². The predicted molar refractivity (Wildman–Crippen MR) is 110 cm³/mol. The quantitative estimate of drug-likeness (QED) is 0.610. The second-order valence-corrected chi connectivity index (χ2v) is 10.6. The normalized spacial score (nSPS) is 16.8. The SMILES string of the molecule is O=S(=O)(c1ccc(Cl)s1)N1CCN(Cc2c(Cl)ccc3cccnc23)CC1. The molecule has 9 heteroatoms. The van der Waals surface area contributed by atoms with E-state index in [1.165, 1.54) is 4.31 Å². The molecule has 1 aliphatic heterocycles. The number of hydrogen-bond donors (Lipinski definition) is 0. The summed E-state index contributed by atoms with van der Waals surface area (Å²) in [5.74, 6) is 0.